The van der Waals surface area contributed by atoms with Crippen LogP contribution in [-0.2, 0) is 0 Å². The van der Waals surface area contributed by atoms with Crippen LogP contribution in [0.15, 0.2) is 72.8 Å². The van der Waals surface area contributed by atoms with Gasteiger partial charge in [0.2, 0.25) is 0 Å². The number of carbonyl (C=O) groups excluding carboxylic acids is 1. The van der Waals surface area contributed by atoms with Gasteiger partial charge in [0.15, 0.2) is 0 Å². The first-order chi connectivity index (χ1) is 13.1. The van der Waals surface area contributed by atoms with Gasteiger partial charge in [0, 0.05) is 11.3 Å². The molecule has 0 radical (unpaired) electrons. The molecule has 0 aliphatic carbocycles. The summed E-state index contributed by atoms with van der Waals surface area (Å²) in [7, 11) is 0. The van der Waals surface area contributed by atoms with E-state index in [-0.39, 0.29) is 5.91 Å². The van der Waals surface area contributed by atoms with Gasteiger partial charge in [-0.2, -0.15) is 0 Å². The standard InChI is InChI=1S/C23H23NO3/c1-17-6-5-8-21(16-17)27-15-14-26-20-12-10-19(11-13-20)23(25)24-22-9-4-3-7-18(22)2/h3-13,16H,14-15H2,1-2H3,(H,24,25). The fourth-order valence-corrected chi connectivity index (χ4v) is 2.63. The van der Waals surface area contributed by atoms with Crippen molar-refractivity contribution in [1.29, 1.82) is 0 Å². The largest absolute Gasteiger partial charge is 0.490 e. The van der Waals surface area contributed by atoms with Gasteiger partial charge in [-0.25, -0.2) is 0 Å². The molecule has 4 heteroatoms. The maximum atomic E-state index is 12.4. The number of para-hydroxylation sites is 1. The molecule has 138 valence electrons. The molecule has 0 unspecified atom stereocenters. The molecule has 27 heavy (non-hydrogen) atoms. The number of benzene rings is 3. The molecule has 0 fully saturated rings. The predicted molar refractivity (Wildman–Crippen MR) is 108 cm³/mol. The van der Waals surface area contributed by atoms with Gasteiger partial charge in [0.05, 0.1) is 0 Å². The highest BCUT2D eigenvalue weighted by atomic mass is 16.5. The first kappa shape index (κ1) is 18.5. The summed E-state index contributed by atoms with van der Waals surface area (Å²) in [4.78, 5) is 12.4. The van der Waals surface area contributed by atoms with Crippen LogP contribution in [0.1, 0.15) is 21.5 Å². The van der Waals surface area contributed by atoms with E-state index in [0.717, 1.165) is 22.6 Å². The van der Waals surface area contributed by atoms with Gasteiger partial charge >= 0.3 is 0 Å². The molecule has 1 N–H and O–H groups in total. The number of ether oxygens (including phenoxy) is 2. The fourth-order valence-electron chi connectivity index (χ4n) is 2.63. The van der Waals surface area contributed by atoms with E-state index in [1.165, 1.54) is 0 Å². The number of aryl methyl sites for hydroxylation is 2. The lowest BCUT2D eigenvalue weighted by Crippen LogP contribution is -2.13. The zero-order valence-electron chi connectivity index (χ0n) is 15.6. The summed E-state index contributed by atoms with van der Waals surface area (Å²) >= 11 is 0. The number of hydrogen-bond acceptors (Lipinski definition) is 3. The van der Waals surface area contributed by atoms with Crippen LogP contribution < -0.4 is 14.8 Å². The van der Waals surface area contributed by atoms with Crippen molar-refractivity contribution in [2.45, 2.75) is 13.8 Å². The van der Waals surface area contributed by atoms with E-state index in [1.54, 1.807) is 24.3 Å². The zero-order chi connectivity index (χ0) is 19.1. The molecule has 3 aromatic carbocycles. The molecule has 0 aliphatic rings. The van der Waals surface area contributed by atoms with Crippen LogP contribution in [0.2, 0.25) is 0 Å². The quantitative estimate of drug-likeness (QED) is 0.602. The van der Waals surface area contributed by atoms with Crippen molar-refractivity contribution in [3.05, 3.63) is 89.5 Å². The van der Waals surface area contributed by atoms with Crippen LogP contribution in [-0.4, -0.2) is 19.1 Å². The number of carbonyl (C=O) groups is 1. The van der Waals surface area contributed by atoms with Gasteiger partial charge in [-0.15, -0.1) is 0 Å². The average molecular weight is 361 g/mol. The van der Waals surface area contributed by atoms with Gasteiger partial charge in [0.1, 0.15) is 24.7 Å². The van der Waals surface area contributed by atoms with Gasteiger partial charge in [-0.3, -0.25) is 4.79 Å². The lowest BCUT2D eigenvalue weighted by atomic mass is 10.1. The third-order valence-electron chi connectivity index (χ3n) is 4.12. The van der Waals surface area contributed by atoms with Gasteiger partial charge in [-0.05, 0) is 67.4 Å². The van der Waals surface area contributed by atoms with Crippen LogP contribution in [0, 0.1) is 13.8 Å². The lowest BCUT2D eigenvalue weighted by Gasteiger charge is -2.10. The maximum Gasteiger partial charge on any atom is 0.255 e. The van der Waals surface area contributed by atoms with E-state index in [9.17, 15) is 4.79 Å². The van der Waals surface area contributed by atoms with E-state index in [4.69, 9.17) is 9.47 Å². The third kappa shape index (κ3) is 5.35. The molecule has 0 spiro atoms. The Morgan fingerprint density at radius 1 is 0.815 bits per heavy atom. The van der Waals surface area contributed by atoms with Crippen molar-refractivity contribution in [1.82, 2.24) is 0 Å². The Kier molecular flexibility index (Phi) is 6.10. The SMILES string of the molecule is Cc1cccc(OCCOc2ccc(C(=O)Nc3ccccc3C)cc2)c1. The van der Waals surface area contributed by atoms with E-state index in [1.807, 2.05) is 62.4 Å². The molecule has 1 amide bonds. The van der Waals surface area contributed by atoms with Crippen LogP contribution >= 0.6 is 0 Å². The molecule has 0 saturated heterocycles. The van der Waals surface area contributed by atoms with Crippen LogP contribution in [0.4, 0.5) is 5.69 Å². The molecule has 0 heterocycles. The van der Waals surface area contributed by atoms with E-state index >= 15 is 0 Å². The second kappa shape index (κ2) is 8.90. The summed E-state index contributed by atoms with van der Waals surface area (Å²) in [6.45, 7) is 4.88. The predicted octanol–water partition coefficient (Wildman–Crippen LogP) is 5.01. The second-order valence-electron chi connectivity index (χ2n) is 6.31. The summed E-state index contributed by atoms with van der Waals surface area (Å²) in [5.41, 5.74) is 3.59. The fraction of sp³-hybridized carbons (Fsp3) is 0.174. The second-order valence-corrected chi connectivity index (χ2v) is 6.31. The molecule has 0 saturated carbocycles. The molecule has 3 rings (SSSR count). The van der Waals surface area contributed by atoms with E-state index in [0.29, 0.717) is 24.5 Å². The van der Waals surface area contributed by atoms with Crippen molar-refractivity contribution in [2.24, 2.45) is 0 Å². The van der Waals surface area contributed by atoms with Crippen molar-refractivity contribution in [3.63, 3.8) is 0 Å². The lowest BCUT2D eigenvalue weighted by molar-refractivity contribution is 0.102. The number of nitrogens with one attached hydrogen (secondary N) is 1. The van der Waals surface area contributed by atoms with Crippen molar-refractivity contribution in [3.8, 4) is 11.5 Å². The Morgan fingerprint density at radius 2 is 1.52 bits per heavy atom. The summed E-state index contributed by atoms with van der Waals surface area (Å²) in [6.07, 6.45) is 0. The van der Waals surface area contributed by atoms with Gasteiger partial charge < -0.3 is 14.8 Å². The highest BCUT2D eigenvalue weighted by Crippen LogP contribution is 2.17. The number of anilines is 1. The topological polar surface area (TPSA) is 47.6 Å². The summed E-state index contributed by atoms with van der Waals surface area (Å²) < 4.78 is 11.3. The third-order valence-corrected chi connectivity index (χ3v) is 4.12. The Hall–Kier alpha value is -3.27. The summed E-state index contributed by atoms with van der Waals surface area (Å²) in [5, 5.41) is 2.92. The smallest absolute Gasteiger partial charge is 0.255 e. The molecule has 0 aromatic heterocycles. The van der Waals surface area contributed by atoms with E-state index < -0.39 is 0 Å². The molecule has 0 atom stereocenters. The number of hydrogen-bond donors (Lipinski definition) is 1. The molecule has 3 aromatic rings. The van der Waals surface area contributed by atoms with Gasteiger partial charge in [-0.1, -0.05) is 30.3 Å². The number of amides is 1. The summed E-state index contributed by atoms with van der Waals surface area (Å²) in [5.74, 6) is 1.40. The molecular weight excluding hydrogens is 338 g/mol. The normalized spacial score (nSPS) is 10.3. The van der Waals surface area contributed by atoms with E-state index in [2.05, 4.69) is 5.32 Å². The minimum Gasteiger partial charge on any atom is -0.490 e. The van der Waals surface area contributed by atoms with Crippen LogP contribution in [0.3, 0.4) is 0 Å². The number of rotatable bonds is 7. The zero-order valence-corrected chi connectivity index (χ0v) is 15.6. The van der Waals surface area contributed by atoms with Crippen LogP contribution in [0.5, 0.6) is 11.5 Å². The monoisotopic (exact) mass is 361 g/mol. The molecule has 4 nitrogen and oxygen atoms in total. The van der Waals surface area contributed by atoms with Crippen LogP contribution in [0.25, 0.3) is 0 Å². The molecular formula is C23H23NO3. The Labute approximate surface area is 159 Å². The first-order valence-corrected chi connectivity index (χ1v) is 8.91. The highest BCUT2D eigenvalue weighted by molar-refractivity contribution is 6.04. The Bertz CT molecular complexity index is 904. The summed E-state index contributed by atoms with van der Waals surface area (Å²) in [6, 6.07) is 22.7. The minimum atomic E-state index is -0.140. The highest BCUT2D eigenvalue weighted by Gasteiger charge is 2.07. The average Bonchev–Trinajstić information content (AvgIpc) is 2.67. The van der Waals surface area contributed by atoms with Crippen molar-refractivity contribution in [2.75, 3.05) is 18.5 Å². The first-order valence-electron chi connectivity index (χ1n) is 8.91. The minimum absolute atomic E-state index is 0.140. The molecule has 0 aliphatic heterocycles. The van der Waals surface area contributed by atoms with Crippen molar-refractivity contribution < 1.29 is 14.3 Å². The molecule has 0 bridgehead atoms. The van der Waals surface area contributed by atoms with Gasteiger partial charge in [0.25, 0.3) is 5.91 Å². The Morgan fingerprint density at radius 3 is 2.22 bits per heavy atom. The Balaban J connectivity index is 1.48. The maximum absolute atomic E-state index is 12.4. The van der Waals surface area contributed by atoms with Crippen molar-refractivity contribution >= 4 is 11.6 Å².